The van der Waals surface area contributed by atoms with E-state index in [1.807, 2.05) is 39.8 Å². The van der Waals surface area contributed by atoms with Crippen LogP contribution in [-0.2, 0) is 16.1 Å². The number of benzene rings is 1. The summed E-state index contributed by atoms with van der Waals surface area (Å²) in [5.74, 6) is 0.547. The maximum atomic E-state index is 11.6. The molecule has 0 saturated carbocycles. The van der Waals surface area contributed by atoms with E-state index in [9.17, 15) is 4.79 Å². The zero-order valence-electron chi connectivity index (χ0n) is 19.6. The second-order valence-corrected chi connectivity index (χ2v) is 8.76. The monoisotopic (exact) mass is 491 g/mol. The van der Waals surface area contributed by atoms with Gasteiger partial charge in [-0.25, -0.2) is 15.0 Å². The van der Waals surface area contributed by atoms with Gasteiger partial charge in [-0.1, -0.05) is 17.7 Å². The largest absolute Gasteiger partial charge is 0.380 e. The number of amides is 1. The maximum absolute atomic E-state index is 11.6. The molecule has 5 rings (SSSR count). The van der Waals surface area contributed by atoms with Crippen LogP contribution in [0.25, 0.3) is 17.0 Å². The van der Waals surface area contributed by atoms with Crippen LogP contribution in [0, 0.1) is 0 Å². The molecule has 1 aromatic carbocycles. The molecule has 4 heterocycles. The van der Waals surface area contributed by atoms with Crippen LogP contribution in [0.5, 0.6) is 0 Å². The lowest BCUT2D eigenvalue weighted by molar-refractivity contribution is -0.129. The van der Waals surface area contributed by atoms with E-state index in [1.54, 1.807) is 26.4 Å². The van der Waals surface area contributed by atoms with Gasteiger partial charge in [-0.2, -0.15) is 0 Å². The number of carbonyl (C=O) groups excluding carboxylic acids is 1. The zero-order chi connectivity index (χ0) is 24.4. The number of aromatic nitrogens is 4. The van der Waals surface area contributed by atoms with Gasteiger partial charge in [0.05, 0.1) is 29.7 Å². The number of halogens is 1. The number of hydrogen-bond donors (Lipinski definition) is 1. The predicted octanol–water partition coefficient (Wildman–Crippen LogP) is 4.00. The third-order valence-corrected chi connectivity index (χ3v) is 6.41. The highest BCUT2D eigenvalue weighted by Gasteiger charge is 2.20. The van der Waals surface area contributed by atoms with Crippen LogP contribution < -0.4 is 10.2 Å². The number of rotatable bonds is 6. The first-order valence-electron chi connectivity index (χ1n) is 11.4. The lowest BCUT2D eigenvalue weighted by Gasteiger charge is -2.36. The molecule has 10 heteroatoms. The van der Waals surface area contributed by atoms with Crippen LogP contribution in [0.15, 0.2) is 55.0 Å². The van der Waals surface area contributed by atoms with Crippen molar-refractivity contribution in [3.05, 3.63) is 65.6 Å². The van der Waals surface area contributed by atoms with E-state index in [0.29, 0.717) is 23.3 Å². The number of piperazine rings is 1. The summed E-state index contributed by atoms with van der Waals surface area (Å²) in [6.45, 7) is 5.08. The number of nitrogens with zero attached hydrogens (tertiary/aromatic N) is 6. The third kappa shape index (κ3) is 4.78. The van der Waals surface area contributed by atoms with E-state index in [0.717, 1.165) is 54.5 Å². The SMILES string of the molecule is COCc1cc(N2CCN(C(C)=O)CC2)ccc1Nc1ncc(Cl)c(-c2cnc3ccccn23)n1. The first-order chi connectivity index (χ1) is 17.0. The standard InChI is InChI=1S/C25H26ClN7O2/c1-17(34)31-9-11-32(12-10-31)19-6-7-21(18(13-19)16-35-2)29-25-28-14-20(26)24(30-25)22-15-27-23-5-3-4-8-33(22)23/h3-8,13-15H,9-12,16H2,1-2H3,(H,28,29,30). The molecule has 1 saturated heterocycles. The summed E-state index contributed by atoms with van der Waals surface area (Å²) in [5.41, 5.74) is 5.12. The fourth-order valence-electron chi connectivity index (χ4n) is 4.29. The number of methoxy groups -OCH3 is 1. The number of hydrogen-bond acceptors (Lipinski definition) is 7. The Morgan fingerprint density at radius 3 is 2.71 bits per heavy atom. The Kier molecular flexibility index (Phi) is 6.52. The maximum Gasteiger partial charge on any atom is 0.227 e. The minimum absolute atomic E-state index is 0.121. The van der Waals surface area contributed by atoms with E-state index < -0.39 is 0 Å². The van der Waals surface area contributed by atoms with Gasteiger partial charge >= 0.3 is 0 Å². The molecule has 180 valence electrons. The number of ether oxygens (including phenoxy) is 1. The van der Waals surface area contributed by atoms with Crippen molar-refractivity contribution in [3.8, 4) is 11.4 Å². The molecule has 0 radical (unpaired) electrons. The highest BCUT2D eigenvalue weighted by Crippen LogP contribution is 2.30. The summed E-state index contributed by atoms with van der Waals surface area (Å²) in [7, 11) is 1.67. The van der Waals surface area contributed by atoms with Crippen molar-refractivity contribution in [2.45, 2.75) is 13.5 Å². The Morgan fingerprint density at radius 1 is 1.11 bits per heavy atom. The van der Waals surface area contributed by atoms with E-state index in [1.165, 1.54) is 0 Å². The van der Waals surface area contributed by atoms with Crippen molar-refractivity contribution in [2.24, 2.45) is 0 Å². The van der Waals surface area contributed by atoms with Crippen LogP contribution in [0.1, 0.15) is 12.5 Å². The number of pyridine rings is 1. The zero-order valence-corrected chi connectivity index (χ0v) is 20.4. The topological polar surface area (TPSA) is 87.9 Å². The Morgan fingerprint density at radius 2 is 1.94 bits per heavy atom. The molecule has 3 aromatic heterocycles. The summed E-state index contributed by atoms with van der Waals surface area (Å²) in [6, 6.07) is 12.0. The second kappa shape index (κ2) is 9.89. The summed E-state index contributed by atoms with van der Waals surface area (Å²) in [4.78, 5) is 29.3. The molecule has 0 aliphatic carbocycles. The van der Waals surface area contributed by atoms with E-state index >= 15 is 0 Å². The molecular formula is C25H26ClN7O2. The van der Waals surface area contributed by atoms with Crippen molar-refractivity contribution in [1.29, 1.82) is 0 Å². The summed E-state index contributed by atoms with van der Waals surface area (Å²) < 4.78 is 7.40. The number of fused-ring (bicyclic) bond motifs is 1. The van der Waals surface area contributed by atoms with Gasteiger partial charge in [-0.15, -0.1) is 0 Å². The molecule has 1 aliphatic rings. The number of carbonyl (C=O) groups is 1. The van der Waals surface area contributed by atoms with Gasteiger partial charge < -0.3 is 19.9 Å². The minimum atomic E-state index is 0.121. The third-order valence-electron chi connectivity index (χ3n) is 6.13. The molecule has 1 fully saturated rings. The minimum Gasteiger partial charge on any atom is -0.380 e. The molecule has 1 aliphatic heterocycles. The molecule has 35 heavy (non-hydrogen) atoms. The average molecular weight is 492 g/mol. The van der Waals surface area contributed by atoms with Crippen LogP contribution in [0.3, 0.4) is 0 Å². The van der Waals surface area contributed by atoms with E-state index in [-0.39, 0.29) is 5.91 Å². The lowest BCUT2D eigenvalue weighted by atomic mass is 10.1. The van der Waals surface area contributed by atoms with Gasteiger partial charge in [0.2, 0.25) is 11.9 Å². The Bertz CT molecular complexity index is 1370. The van der Waals surface area contributed by atoms with Crippen LogP contribution in [0.4, 0.5) is 17.3 Å². The highest BCUT2D eigenvalue weighted by atomic mass is 35.5. The normalized spacial score (nSPS) is 13.9. The average Bonchev–Trinajstić information content (AvgIpc) is 3.30. The van der Waals surface area contributed by atoms with Crippen molar-refractivity contribution < 1.29 is 9.53 Å². The summed E-state index contributed by atoms with van der Waals surface area (Å²) in [5, 5.41) is 3.77. The molecular weight excluding hydrogens is 466 g/mol. The first kappa shape index (κ1) is 23.1. The van der Waals surface area contributed by atoms with Crippen LogP contribution in [-0.4, -0.2) is 63.4 Å². The summed E-state index contributed by atoms with van der Waals surface area (Å²) in [6.07, 6.45) is 5.27. The van der Waals surface area contributed by atoms with E-state index in [2.05, 4.69) is 32.3 Å². The molecule has 0 atom stereocenters. The Labute approximate surface area is 208 Å². The summed E-state index contributed by atoms with van der Waals surface area (Å²) >= 11 is 6.46. The van der Waals surface area contributed by atoms with Gasteiger partial charge in [0.25, 0.3) is 0 Å². The van der Waals surface area contributed by atoms with Gasteiger partial charge in [-0.3, -0.25) is 9.20 Å². The van der Waals surface area contributed by atoms with Crippen LogP contribution in [0.2, 0.25) is 5.02 Å². The number of nitrogens with one attached hydrogen (secondary N) is 1. The second-order valence-electron chi connectivity index (χ2n) is 8.36. The van der Waals surface area contributed by atoms with Crippen molar-refractivity contribution in [2.75, 3.05) is 43.5 Å². The first-order valence-corrected chi connectivity index (χ1v) is 11.8. The smallest absolute Gasteiger partial charge is 0.227 e. The number of imidazole rings is 1. The van der Waals surface area contributed by atoms with Crippen LogP contribution >= 0.6 is 11.6 Å². The molecule has 1 N–H and O–H groups in total. The quantitative estimate of drug-likeness (QED) is 0.436. The van der Waals surface area contributed by atoms with Gasteiger partial charge in [0, 0.05) is 63.3 Å². The van der Waals surface area contributed by atoms with Gasteiger partial charge in [-0.05, 0) is 30.3 Å². The fourth-order valence-corrected chi connectivity index (χ4v) is 4.48. The predicted molar refractivity (Wildman–Crippen MR) is 136 cm³/mol. The number of anilines is 3. The Hall–Kier alpha value is -3.69. The van der Waals surface area contributed by atoms with Gasteiger partial charge in [0.15, 0.2) is 0 Å². The molecule has 0 bridgehead atoms. The van der Waals surface area contributed by atoms with Crippen molar-refractivity contribution in [1.82, 2.24) is 24.3 Å². The fraction of sp³-hybridized carbons (Fsp3) is 0.280. The van der Waals surface area contributed by atoms with Crippen molar-refractivity contribution in [3.63, 3.8) is 0 Å². The molecule has 9 nitrogen and oxygen atoms in total. The van der Waals surface area contributed by atoms with Crippen molar-refractivity contribution >= 4 is 40.5 Å². The Balaban J connectivity index is 1.41. The lowest BCUT2D eigenvalue weighted by Crippen LogP contribution is -2.48. The van der Waals surface area contributed by atoms with E-state index in [4.69, 9.17) is 21.3 Å². The highest BCUT2D eigenvalue weighted by molar-refractivity contribution is 6.32. The molecule has 1 amide bonds. The molecule has 4 aromatic rings. The molecule has 0 spiro atoms. The molecule has 0 unspecified atom stereocenters. The van der Waals surface area contributed by atoms with Gasteiger partial charge in [0.1, 0.15) is 11.3 Å².